The van der Waals surface area contributed by atoms with Crippen molar-refractivity contribution in [3.8, 4) is 5.69 Å². The summed E-state index contributed by atoms with van der Waals surface area (Å²) in [7, 11) is 0. The Morgan fingerprint density at radius 3 is 2.72 bits per heavy atom. The summed E-state index contributed by atoms with van der Waals surface area (Å²) in [6.45, 7) is 1.82. The summed E-state index contributed by atoms with van der Waals surface area (Å²) < 4.78 is 1.79. The summed E-state index contributed by atoms with van der Waals surface area (Å²) in [6.07, 6.45) is -1.38. The minimum Gasteiger partial charge on any atom is -0.367 e. The van der Waals surface area contributed by atoms with Gasteiger partial charge in [-0.15, -0.1) is 10.2 Å². The first-order valence-electron chi connectivity index (χ1n) is 5.25. The van der Waals surface area contributed by atoms with Crippen LogP contribution in [0.15, 0.2) is 29.4 Å². The molecule has 0 saturated carbocycles. The van der Waals surface area contributed by atoms with Crippen LogP contribution in [0, 0.1) is 6.92 Å². The van der Waals surface area contributed by atoms with Crippen LogP contribution in [-0.2, 0) is 0 Å². The average Bonchev–Trinajstić information content (AvgIpc) is 2.69. The molecule has 0 fully saturated rings. The molecular formula is C11H12ClN3O2S. The molecule has 0 atom stereocenters. The van der Waals surface area contributed by atoms with E-state index in [2.05, 4.69) is 10.2 Å². The highest BCUT2D eigenvalue weighted by Crippen LogP contribution is 2.26. The van der Waals surface area contributed by atoms with Gasteiger partial charge in [0.15, 0.2) is 11.4 Å². The molecule has 0 radical (unpaired) electrons. The standard InChI is InChI=1S/C11H12ClN3O2S/c1-7-13-14-11(18-6-10(16)17)15(7)9-5-3-2-4-8(9)12/h2-5,10,16-17H,6H2,1H3. The van der Waals surface area contributed by atoms with Gasteiger partial charge in [-0.25, -0.2) is 0 Å². The molecule has 0 saturated heterocycles. The second-order valence-corrected chi connectivity index (χ2v) is 5.00. The number of aliphatic hydroxyl groups is 2. The predicted octanol–water partition coefficient (Wildman–Crippen LogP) is 1.63. The lowest BCUT2D eigenvalue weighted by atomic mass is 10.3. The number of hydrogen-bond acceptors (Lipinski definition) is 5. The first kappa shape index (κ1) is 13.4. The van der Waals surface area contributed by atoms with Gasteiger partial charge in [-0.2, -0.15) is 0 Å². The molecule has 0 spiro atoms. The summed E-state index contributed by atoms with van der Waals surface area (Å²) in [6, 6.07) is 7.36. The van der Waals surface area contributed by atoms with Crippen molar-refractivity contribution in [2.75, 3.05) is 5.75 Å². The van der Waals surface area contributed by atoms with Crippen molar-refractivity contribution in [3.05, 3.63) is 35.1 Å². The quantitative estimate of drug-likeness (QED) is 0.660. The maximum Gasteiger partial charge on any atom is 0.196 e. The van der Waals surface area contributed by atoms with Gasteiger partial charge < -0.3 is 10.2 Å². The Morgan fingerprint density at radius 2 is 2.06 bits per heavy atom. The summed E-state index contributed by atoms with van der Waals surface area (Å²) in [5.74, 6) is 0.820. The minimum absolute atomic E-state index is 0.128. The minimum atomic E-state index is -1.38. The van der Waals surface area contributed by atoms with Crippen LogP contribution in [0.4, 0.5) is 0 Å². The van der Waals surface area contributed by atoms with E-state index in [-0.39, 0.29) is 5.75 Å². The number of nitrogens with zero attached hydrogens (tertiary/aromatic N) is 3. The van der Waals surface area contributed by atoms with E-state index in [0.29, 0.717) is 16.0 Å². The number of hydrogen-bond donors (Lipinski definition) is 2. The summed E-state index contributed by atoms with van der Waals surface area (Å²) >= 11 is 7.35. The molecule has 5 nitrogen and oxygen atoms in total. The Hall–Kier alpha value is -1.08. The molecule has 0 unspecified atom stereocenters. The van der Waals surface area contributed by atoms with Crippen LogP contribution in [0.3, 0.4) is 0 Å². The number of para-hydroxylation sites is 1. The van der Waals surface area contributed by atoms with E-state index < -0.39 is 6.29 Å². The molecule has 0 bridgehead atoms. The van der Waals surface area contributed by atoms with E-state index in [1.54, 1.807) is 10.6 Å². The summed E-state index contributed by atoms with van der Waals surface area (Å²) in [5.41, 5.74) is 0.775. The van der Waals surface area contributed by atoms with Gasteiger partial charge in [0, 0.05) is 0 Å². The van der Waals surface area contributed by atoms with Crippen molar-refractivity contribution < 1.29 is 10.2 Å². The van der Waals surface area contributed by atoms with Gasteiger partial charge in [0.25, 0.3) is 0 Å². The first-order valence-corrected chi connectivity index (χ1v) is 6.62. The normalized spacial score (nSPS) is 11.2. The maximum absolute atomic E-state index is 8.89. The van der Waals surface area contributed by atoms with Crippen molar-refractivity contribution in [1.29, 1.82) is 0 Å². The Balaban J connectivity index is 2.38. The third-order valence-electron chi connectivity index (χ3n) is 2.25. The number of halogens is 1. The van der Waals surface area contributed by atoms with E-state index in [1.807, 2.05) is 25.1 Å². The second kappa shape index (κ2) is 5.71. The largest absolute Gasteiger partial charge is 0.367 e. The van der Waals surface area contributed by atoms with Crippen LogP contribution in [0.2, 0.25) is 5.02 Å². The Kier molecular flexibility index (Phi) is 4.23. The van der Waals surface area contributed by atoms with Crippen LogP contribution < -0.4 is 0 Å². The fourth-order valence-corrected chi connectivity index (χ4v) is 2.47. The van der Waals surface area contributed by atoms with Crippen LogP contribution >= 0.6 is 23.4 Å². The van der Waals surface area contributed by atoms with Gasteiger partial charge in [-0.05, 0) is 19.1 Å². The Morgan fingerprint density at radius 1 is 1.33 bits per heavy atom. The number of aliphatic hydroxyl groups excluding tert-OH is 1. The lowest BCUT2D eigenvalue weighted by Crippen LogP contribution is -2.08. The molecule has 7 heteroatoms. The van der Waals surface area contributed by atoms with Crippen molar-refractivity contribution in [1.82, 2.24) is 14.8 Å². The van der Waals surface area contributed by atoms with Gasteiger partial charge in [-0.3, -0.25) is 4.57 Å². The molecule has 18 heavy (non-hydrogen) atoms. The zero-order chi connectivity index (χ0) is 13.1. The smallest absolute Gasteiger partial charge is 0.196 e. The van der Waals surface area contributed by atoms with Crippen LogP contribution in [0.25, 0.3) is 5.69 Å². The SMILES string of the molecule is Cc1nnc(SCC(O)O)n1-c1ccccc1Cl. The van der Waals surface area contributed by atoms with Gasteiger partial charge in [0.2, 0.25) is 0 Å². The lowest BCUT2D eigenvalue weighted by molar-refractivity contribution is -0.0186. The van der Waals surface area contributed by atoms with Crippen LogP contribution in [0.1, 0.15) is 5.82 Å². The maximum atomic E-state index is 8.89. The fourth-order valence-electron chi connectivity index (χ4n) is 1.50. The molecule has 0 aliphatic heterocycles. The summed E-state index contributed by atoms with van der Waals surface area (Å²) in [5, 5.41) is 26.9. The molecule has 0 aliphatic carbocycles. The van der Waals surface area contributed by atoms with E-state index in [4.69, 9.17) is 21.8 Å². The van der Waals surface area contributed by atoms with Gasteiger partial charge in [0.1, 0.15) is 5.82 Å². The number of benzene rings is 1. The van der Waals surface area contributed by atoms with Crippen molar-refractivity contribution >= 4 is 23.4 Å². The number of aryl methyl sites for hydroxylation is 1. The molecule has 2 aromatic rings. The molecule has 0 amide bonds. The monoisotopic (exact) mass is 285 g/mol. The van der Waals surface area contributed by atoms with Gasteiger partial charge >= 0.3 is 0 Å². The zero-order valence-electron chi connectivity index (χ0n) is 9.62. The van der Waals surface area contributed by atoms with Gasteiger partial charge in [-0.1, -0.05) is 35.5 Å². The molecule has 2 rings (SSSR count). The van der Waals surface area contributed by atoms with Crippen molar-refractivity contribution in [2.24, 2.45) is 0 Å². The van der Waals surface area contributed by atoms with Gasteiger partial charge in [0.05, 0.1) is 16.5 Å². The second-order valence-electron chi connectivity index (χ2n) is 3.61. The van der Waals surface area contributed by atoms with E-state index in [1.165, 1.54) is 11.8 Å². The third kappa shape index (κ3) is 2.84. The number of rotatable bonds is 4. The Bertz CT molecular complexity index is 545. The molecule has 0 aliphatic rings. The molecule has 2 N–H and O–H groups in total. The molecule has 1 aromatic carbocycles. The highest BCUT2D eigenvalue weighted by molar-refractivity contribution is 7.99. The Labute approximate surface area is 113 Å². The number of thioether (sulfide) groups is 1. The van der Waals surface area contributed by atoms with Crippen molar-refractivity contribution in [2.45, 2.75) is 18.4 Å². The molecule has 1 aromatic heterocycles. The van der Waals surface area contributed by atoms with E-state index in [0.717, 1.165) is 5.69 Å². The molecule has 96 valence electrons. The van der Waals surface area contributed by atoms with Crippen LogP contribution in [-0.4, -0.2) is 37.0 Å². The summed E-state index contributed by atoms with van der Waals surface area (Å²) in [4.78, 5) is 0. The molecule has 1 heterocycles. The first-order chi connectivity index (χ1) is 8.59. The van der Waals surface area contributed by atoms with E-state index >= 15 is 0 Å². The topological polar surface area (TPSA) is 71.2 Å². The molecular weight excluding hydrogens is 274 g/mol. The predicted molar refractivity (Wildman–Crippen MR) is 70.1 cm³/mol. The average molecular weight is 286 g/mol. The van der Waals surface area contributed by atoms with E-state index in [9.17, 15) is 0 Å². The zero-order valence-corrected chi connectivity index (χ0v) is 11.2. The third-order valence-corrected chi connectivity index (χ3v) is 3.56. The fraction of sp³-hybridized carbons (Fsp3) is 0.273. The number of aromatic nitrogens is 3. The van der Waals surface area contributed by atoms with Crippen LogP contribution in [0.5, 0.6) is 0 Å². The lowest BCUT2D eigenvalue weighted by Gasteiger charge is -2.10. The highest BCUT2D eigenvalue weighted by Gasteiger charge is 2.14. The highest BCUT2D eigenvalue weighted by atomic mass is 35.5. The van der Waals surface area contributed by atoms with Crippen molar-refractivity contribution in [3.63, 3.8) is 0 Å².